The Labute approximate surface area is 166 Å². The zero-order valence-corrected chi connectivity index (χ0v) is 16.7. The molecule has 1 atom stereocenters. The van der Waals surface area contributed by atoms with Crippen molar-refractivity contribution in [1.29, 1.82) is 0 Å². The Morgan fingerprint density at radius 1 is 1.14 bits per heavy atom. The second kappa shape index (κ2) is 9.01. The summed E-state index contributed by atoms with van der Waals surface area (Å²) in [7, 11) is -3.72. The number of benzene rings is 2. The molecule has 0 aromatic heterocycles. The van der Waals surface area contributed by atoms with Gasteiger partial charge in [-0.1, -0.05) is 49.7 Å². The first-order chi connectivity index (χ1) is 13.5. The van der Waals surface area contributed by atoms with Crippen LogP contribution in [0.25, 0.3) is 0 Å². The lowest BCUT2D eigenvalue weighted by atomic mass is 9.93. The van der Waals surface area contributed by atoms with Gasteiger partial charge >= 0.3 is 0 Å². The van der Waals surface area contributed by atoms with Gasteiger partial charge in [-0.2, -0.15) is 0 Å². The molecule has 2 aromatic rings. The highest BCUT2D eigenvalue weighted by atomic mass is 32.2. The van der Waals surface area contributed by atoms with Crippen molar-refractivity contribution in [1.82, 2.24) is 4.72 Å². The number of nitrogens with zero attached hydrogens (tertiary/aromatic N) is 1. The topological polar surface area (TPSA) is 87.6 Å². The zero-order chi connectivity index (χ0) is 20.0. The van der Waals surface area contributed by atoms with Gasteiger partial charge in [0.2, 0.25) is 5.91 Å². The lowest BCUT2D eigenvalue weighted by Gasteiger charge is -2.17. The molecule has 6 nitrogen and oxygen atoms in total. The number of nitrogens with one attached hydrogen (secondary N) is 2. The molecule has 2 aromatic carbocycles. The lowest BCUT2D eigenvalue weighted by Crippen LogP contribution is -2.29. The summed E-state index contributed by atoms with van der Waals surface area (Å²) in [5.74, 6) is 0.0645. The molecular weight excluding hydrogens is 374 g/mol. The highest BCUT2D eigenvalue weighted by Gasteiger charge is 2.22. The number of anilines is 1. The highest BCUT2D eigenvalue weighted by Crippen LogP contribution is 2.24. The van der Waals surface area contributed by atoms with E-state index in [0.717, 1.165) is 24.8 Å². The smallest absolute Gasteiger partial charge is 0.262 e. The second-order valence-corrected chi connectivity index (χ2v) is 8.49. The normalized spacial score (nSPS) is 15.0. The van der Waals surface area contributed by atoms with Crippen molar-refractivity contribution in [3.8, 4) is 0 Å². The minimum Gasteiger partial charge on any atom is -0.326 e. The van der Waals surface area contributed by atoms with Crippen molar-refractivity contribution in [2.75, 3.05) is 11.9 Å². The maximum Gasteiger partial charge on any atom is 0.262 e. The van der Waals surface area contributed by atoms with E-state index >= 15 is 0 Å². The predicted octanol–water partition coefficient (Wildman–Crippen LogP) is 3.68. The van der Waals surface area contributed by atoms with Crippen LogP contribution in [0.2, 0.25) is 0 Å². The molecule has 1 aliphatic heterocycles. The summed E-state index contributed by atoms with van der Waals surface area (Å²) >= 11 is 0. The minimum atomic E-state index is -3.72. The molecule has 0 saturated heterocycles. The molecule has 7 heteroatoms. The van der Waals surface area contributed by atoms with E-state index in [0.29, 0.717) is 24.5 Å². The van der Waals surface area contributed by atoms with Gasteiger partial charge in [0.25, 0.3) is 10.0 Å². The fraction of sp³-hybridized carbons (Fsp3) is 0.333. The number of amides is 1. The van der Waals surface area contributed by atoms with Gasteiger partial charge < -0.3 is 5.32 Å². The van der Waals surface area contributed by atoms with Crippen molar-refractivity contribution >= 4 is 27.5 Å². The van der Waals surface area contributed by atoms with Gasteiger partial charge in [-0.25, -0.2) is 8.42 Å². The molecule has 0 bridgehead atoms. The van der Waals surface area contributed by atoms with Crippen molar-refractivity contribution in [3.05, 3.63) is 60.2 Å². The zero-order valence-electron chi connectivity index (χ0n) is 15.9. The van der Waals surface area contributed by atoms with E-state index in [-0.39, 0.29) is 16.7 Å². The first kappa shape index (κ1) is 20.1. The minimum absolute atomic E-state index is 0.103. The van der Waals surface area contributed by atoms with Crippen LogP contribution in [-0.4, -0.2) is 26.7 Å². The average Bonchev–Trinajstić information content (AvgIpc) is 3.19. The second-order valence-electron chi connectivity index (χ2n) is 6.81. The summed E-state index contributed by atoms with van der Waals surface area (Å²) in [6, 6.07) is 15.9. The molecule has 2 N–H and O–H groups in total. The van der Waals surface area contributed by atoms with Crippen LogP contribution in [0.15, 0.2) is 64.5 Å². The molecule has 1 amide bonds. The van der Waals surface area contributed by atoms with Crippen LogP contribution >= 0.6 is 0 Å². The fourth-order valence-corrected chi connectivity index (χ4v) is 4.36. The average molecular weight is 400 g/mol. The largest absolute Gasteiger partial charge is 0.326 e. The molecule has 1 aliphatic rings. The van der Waals surface area contributed by atoms with Crippen LogP contribution in [0, 0.1) is 0 Å². The molecular formula is C21H25N3O3S. The Hall–Kier alpha value is -2.67. The number of carbonyl (C=O) groups is 1. The van der Waals surface area contributed by atoms with Crippen molar-refractivity contribution < 1.29 is 13.2 Å². The molecule has 0 unspecified atom stereocenters. The first-order valence-electron chi connectivity index (χ1n) is 9.51. The van der Waals surface area contributed by atoms with Crippen molar-refractivity contribution in [2.45, 2.75) is 43.4 Å². The molecule has 0 fully saturated rings. The number of hydrogen-bond acceptors (Lipinski definition) is 4. The van der Waals surface area contributed by atoms with E-state index in [1.807, 2.05) is 37.3 Å². The Kier molecular flexibility index (Phi) is 6.46. The van der Waals surface area contributed by atoms with Crippen LogP contribution in [0.3, 0.4) is 0 Å². The molecule has 1 heterocycles. The van der Waals surface area contributed by atoms with Gasteiger partial charge in [0.1, 0.15) is 5.84 Å². The number of carbonyl (C=O) groups excluding carboxylic acids is 1. The SMILES string of the molecule is CCC[C@H](C(=O)Nc1cccc(S(=O)(=O)NC2=NCCC2)c1)c1ccccc1. The van der Waals surface area contributed by atoms with Gasteiger partial charge in [-0.05, 0) is 36.6 Å². The van der Waals surface area contributed by atoms with E-state index in [1.165, 1.54) is 12.1 Å². The number of sulfonamides is 1. The maximum atomic E-state index is 12.8. The van der Waals surface area contributed by atoms with Gasteiger partial charge in [0, 0.05) is 18.7 Å². The molecule has 0 spiro atoms. The van der Waals surface area contributed by atoms with Gasteiger partial charge in [-0.3, -0.25) is 14.5 Å². The molecule has 3 rings (SSSR count). The highest BCUT2D eigenvalue weighted by molar-refractivity contribution is 7.90. The Morgan fingerprint density at radius 3 is 2.61 bits per heavy atom. The van der Waals surface area contributed by atoms with Crippen molar-refractivity contribution in [3.63, 3.8) is 0 Å². The molecule has 0 saturated carbocycles. The summed E-state index contributed by atoms with van der Waals surface area (Å²) in [5.41, 5.74) is 1.41. The summed E-state index contributed by atoms with van der Waals surface area (Å²) in [6.45, 7) is 2.68. The number of aliphatic imine (C=N–C) groups is 1. The summed E-state index contributed by atoms with van der Waals surface area (Å²) < 4.78 is 27.7. The van der Waals surface area contributed by atoms with Crippen LogP contribution < -0.4 is 10.0 Å². The number of amidine groups is 1. The number of hydrogen-bond donors (Lipinski definition) is 2. The molecule has 148 valence electrons. The third kappa shape index (κ3) is 4.98. The molecule has 28 heavy (non-hydrogen) atoms. The Balaban J connectivity index is 1.77. The first-order valence-corrected chi connectivity index (χ1v) is 11.0. The van der Waals surface area contributed by atoms with E-state index in [9.17, 15) is 13.2 Å². The monoisotopic (exact) mass is 399 g/mol. The fourth-order valence-electron chi connectivity index (χ4n) is 3.23. The standard InChI is InChI=1S/C21H25N3O3S/c1-2-8-19(16-9-4-3-5-10-16)21(25)23-17-11-6-12-18(15-17)28(26,27)24-20-13-7-14-22-20/h3-6,9-12,15,19H,2,7-8,13-14H2,1H3,(H,22,24)(H,23,25)/t19-/m0/s1. The summed E-state index contributed by atoms with van der Waals surface area (Å²) in [4.78, 5) is 17.1. The molecule has 0 aliphatic carbocycles. The Morgan fingerprint density at radius 2 is 1.93 bits per heavy atom. The maximum absolute atomic E-state index is 12.8. The van der Waals surface area contributed by atoms with Crippen LogP contribution in [0.5, 0.6) is 0 Å². The van der Waals surface area contributed by atoms with Gasteiger partial charge in [0.05, 0.1) is 10.8 Å². The van der Waals surface area contributed by atoms with Crippen LogP contribution in [-0.2, 0) is 14.8 Å². The quantitative estimate of drug-likeness (QED) is 0.744. The molecule has 0 radical (unpaired) electrons. The van der Waals surface area contributed by atoms with Gasteiger partial charge in [-0.15, -0.1) is 0 Å². The lowest BCUT2D eigenvalue weighted by molar-refractivity contribution is -0.117. The predicted molar refractivity (Wildman–Crippen MR) is 111 cm³/mol. The van der Waals surface area contributed by atoms with E-state index in [2.05, 4.69) is 15.0 Å². The van der Waals surface area contributed by atoms with E-state index in [1.54, 1.807) is 12.1 Å². The van der Waals surface area contributed by atoms with E-state index < -0.39 is 10.0 Å². The van der Waals surface area contributed by atoms with Gasteiger partial charge in [0.15, 0.2) is 0 Å². The third-order valence-electron chi connectivity index (χ3n) is 4.63. The third-order valence-corrected chi connectivity index (χ3v) is 6.01. The number of rotatable bonds is 7. The Bertz CT molecular complexity index is 956. The van der Waals surface area contributed by atoms with Crippen LogP contribution in [0.1, 0.15) is 44.1 Å². The van der Waals surface area contributed by atoms with Crippen molar-refractivity contribution in [2.24, 2.45) is 4.99 Å². The van der Waals surface area contributed by atoms with E-state index in [4.69, 9.17) is 0 Å². The summed E-state index contributed by atoms with van der Waals surface area (Å²) in [5, 5.41) is 2.87. The van der Waals surface area contributed by atoms with Crippen LogP contribution in [0.4, 0.5) is 5.69 Å². The summed E-state index contributed by atoms with van der Waals surface area (Å²) in [6.07, 6.45) is 3.07.